The molecule has 3 aromatic carbocycles. The fourth-order valence-electron chi connectivity index (χ4n) is 5.92. The van der Waals surface area contributed by atoms with Gasteiger partial charge in [0.25, 0.3) is 0 Å². The zero-order valence-corrected chi connectivity index (χ0v) is 22.0. The van der Waals surface area contributed by atoms with Crippen LogP contribution in [0.2, 0.25) is 0 Å². The second-order valence-electron chi connectivity index (χ2n) is 10.9. The highest BCUT2D eigenvalue weighted by atomic mass is 19.1. The zero-order valence-electron chi connectivity index (χ0n) is 22.0. The highest BCUT2D eigenvalue weighted by Crippen LogP contribution is 2.27. The topological polar surface area (TPSA) is 64.7 Å². The van der Waals surface area contributed by atoms with Crippen LogP contribution in [0.3, 0.4) is 0 Å². The lowest BCUT2D eigenvalue weighted by Gasteiger charge is -2.36. The minimum absolute atomic E-state index is 0.0217. The van der Waals surface area contributed by atoms with E-state index in [9.17, 15) is 14.0 Å². The molecule has 200 valence electrons. The summed E-state index contributed by atoms with van der Waals surface area (Å²) in [7, 11) is 2.15. The number of amides is 2. The Hall–Kier alpha value is -3.29. The Kier molecular flexibility index (Phi) is 8.35. The summed E-state index contributed by atoms with van der Waals surface area (Å²) >= 11 is 0. The summed E-state index contributed by atoms with van der Waals surface area (Å²) in [6, 6.07) is 21.0. The van der Waals surface area contributed by atoms with Gasteiger partial charge in [0.15, 0.2) is 0 Å². The summed E-state index contributed by atoms with van der Waals surface area (Å²) in [6.45, 7) is 3.62. The number of anilines is 1. The zero-order chi connectivity index (χ0) is 26.5. The molecule has 38 heavy (non-hydrogen) atoms. The molecule has 0 saturated carbocycles. The predicted molar refractivity (Wildman–Crippen MR) is 149 cm³/mol. The average Bonchev–Trinajstić information content (AvgIpc) is 3.34. The van der Waals surface area contributed by atoms with E-state index in [0.29, 0.717) is 44.3 Å². The molecule has 2 fully saturated rings. The van der Waals surface area contributed by atoms with E-state index in [1.807, 2.05) is 12.1 Å². The highest BCUT2D eigenvalue weighted by molar-refractivity contribution is 5.93. The molecule has 2 aliphatic rings. The van der Waals surface area contributed by atoms with Gasteiger partial charge in [-0.2, -0.15) is 0 Å². The molecule has 0 spiro atoms. The lowest BCUT2D eigenvalue weighted by Crippen LogP contribution is -2.49. The normalized spacial score (nSPS) is 22.4. The van der Waals surface area contributed by atoms with Gasteiger partial charge in [0.1, 0.15) is 5.82 Å². The summed E-state index contributed by atoms with van der Waals surface area (Å²) in [5.74, 6) is -1.07. The number of hydrogen-bond donors (Lipinski definition) is 2. The summed E-state index contributed by atoms with van der Waals surface area (Å²) < 4.78 is 13.3. The number of halogens is 1. The van der Waals surface area contributed by atoms with Crippen molar-refractivity contribution >= 4 is 28.3 Å². The molecular formula is C31H37FN4O2. The number of fused-ring (bicyclic) bond motifs is 1. The van der Waals surface area contributed by atoms with Gasteiger partial charge in [-0.3, -0.25) is 14.5 Å². The number of rotatable bonds is 8. The molecule has 3 atom stereocenters. The van der Waals surface area contributed by atoms with E-state index in [0.717, 1.165) is 18.5 Å². The van der Waals surface area contributed by atoms with Crippen molar-refractivity contribution in [1.82, 2.24) is 15.1 Å². The first-order valence-electron chi connectivity index (χ1n) is 13.7. The number of carbonyl (C=O) groups is 2. The van der Waals surface area contributed by atoms with Crippen LogP contribution in [0.4, 0.5) is 10.1 Å². The van der Waals surface area contributed by atoms with E-state index in [1.165, 1.54) is 35.7 Å². The van der Waals surface area contributed by atoms with Gasteiger partial charge in [0.05, 0.1) is 11.8 Å². The van der Waals surface area contributed by atoms with Crippen LogP contribution in [-0.4, -0.2) is 60.9 Å². The van der Waals surface area contributed by atoms with Crippen molar-refractivity contribution in [2.24, 2.45) is 11.8 Å². The van der Waals surface area contributed by atoms with Gasteiger partial charge < -0.3 is 15.5 Å². The standard InChI is InChI=1S/C31H37FN4O2/c1-35-16-4-7-29(35)14-15-33-30(37)25-18-26(31(38)34-28-12-10-27(32)11-13-28)21-36(20-25)19-22-8-9-23-5-2-3-6-24(23)17-22/h2-3,5-6,8-13,17,25-26,29H,4,7,14-16,18-21H2,1H3,(H,33,37)(H,34,38)/t25-,26+,29?/m0/s1. The number of piperidine rings is 1. The van der Waals surface area contributed by atoms with Crippen molar-refractivity contribution < 1.29 is 14.0 Å². The van der Waals surface area contributed by atoms with E-state index >= 15 is 0 Å². The maximum absolute atomic E-state index is 13.3. The predicted octanol–water partition coefficient (Wildman–Crippen LogP) is 4.66. The van der Waals surface area contributed by atoms with Crippen molar-refractivity contribution in [2.75, 3.05) is 38.5 Å². The lowest BCUT2D eigenvalue weighted by molar-refractivity contribution is -0.130. The van der Waals surface area contributed by atoms with Gasteiger partial charge >= 0.3 is 0 Å². The van der Waals surface area contributed by atoms with Crippen LogP contribution in [0.1, 0.15) is 31.2 Å². The maximum Gasteiger partial charge on any atom is 0.228 e. The Labute approximate surface area is 224 Å². The maximum atomic E-state index is 13.3. The molecule has 2 saturated heterocycles. The molecule has 0 radical (unpaired) electrons. The molecule has 2 aliphatic heterocycles. The van der Waals surface area contributed by atoms with E-state index in [-0.39, 0.29) is 29.5 Å². The van der Waals surface area contributed by atoms with Gasteiger partial charge in [-0.1, -0.05) is 36.4 Å². The van der Waals surface area contributed by atoms with Gasteiger partial charge in [0, 0.05) is 37.9 Å². The SMILES string of the molecule is CN1CCCC1CCNC(=O)[C@H]1C[C@@H](C(=O)Nc2ccc(F)cc2)CN(Cc2ccc3ccccc3c2)C1. The molecule has 0 aromatic heterocycles. The number of nitrogens with zero attached hydrogens (tertiary/aromatic N) is 2. The number of hydrogen-bond acceptors (Lipinski definition) is 4. The van der Waals surface area contributed by atoms with Crippen LogP contribution in [0.5, 0.6) is 0 Å². The first-order chi connectivity index (χ1) is 18.4. The van der Waals surface area contributed by atoms with E-state index < -0.39 is 0 Å². The fraction of sp³-hybridized carbons (Fsp3) is 0.419. The lowest BCUT2D eigenvalue weighted by atomic mass is 9.87. The molecule has 3 aromatic rings. The Morgan fingerprint density at radius 1 is 0.947 bits per heavy atom. The molecule has 2 amide bonds. The largest absolute Gasteiger partial charge is 0.356 e. The van der Waals surface area contributed by atoms with Crippen LogP contribution in [0, 0.1) is 17.7 Å². The second-order valence-corrected chi connectivity index (χ2v) is 10.9. The number of nitrogens with one attached hydrogen (secondary N) is 2. The summed E-state index contributed by atoms with van der Waals surface area (Å²) in [5, 5.41) is 8.45. The summed E-state index contributed by atoms with van der Waals surface area (Å²) in [6.07, 6.45) is 3.84. The minimum Gasteiger partial charge on any atom is -0.356 e. The van der Waals surface area contributed by atoms with Gasteiger partial charge in [0.2, 0.25) is 11.8 Å². The Morgan fingerprint density at radius 3 is 2.42 bits per heavy atom. The van der Waals surface area contributed by atoms with Crippen molar-refractivity contribution in [3.05, 3.63) is 78.1 Å². The van der Waals surface area contributed by atoms with Crippen LogP contribution >= 0.6 is 0 Å². The Bertz CT molecular complexity index is 1260. The average molecular weight is 517 g/mol. The molecule has 0 bridgehead atoms. The molecule has 7 heteroatoms. The molecule has 2 heterocycles. The van der Waals surface area contributed by atoms with Gasteiger partial charge in [-0.05, 0) is 85.9 Å². The Morgan fingerprint density at radius 2 is 1.68 bits per heavy atom. The fourth-order valence-corrected chi connectivity index (χ4v) is 5.92. The first-order valence-corrected chi connectivity index (χ1v) is 13.7. The van der Waals surface area contributed by atoms with Crippen LogP contribution in [-0.2, 0) is 16.1 Å². The van der Waals surface area contributed by atoms with E-state index in [2.05, 4.69) is 57.8 Å². The van der Waals surface area contributed by atoms with Crippen LogP contribution < -0.4 is 10.6 Å². The van der Waals surface area contributed by atoms with Crippen molar-refractivity contribution in [3.8, 4) is 0 Å². The second kappa shape index (κ2) is 12.0. The van der Waals surface area contributed by atoms with Gasteiger partial charge in [-0.15, -0.1) is 0 Å². The minimum atomic E-state index is -0.345. The first kappa shape index (κ1) is 26.3. The van der Waals surface area contributed by atoms with Crippen LogP contribution in [0.25, 0.3) is 10.8 Å². The third-order valence-electron chi connectivity index (χ3n) is 8.05. The number of likely N-dealkylation sites (tertiary alicyclic amines) is 2. The third kappa shape index (κ3) is 6.58. The molecule has 2 N–H and O–H groups in total. The third-order valence-corrected chi connectivity index (χ3v) is 8.05. The monoisotopic (exact) mass is 516 g/mol. The molecular weight excluding hydrogens is 479 g/mol. The highest BCUT2D eigenvalue weighted by Gasteiger charge is 2.35. The number of carbonyl (C=O) groups excluding carboxylic acids is 2. The molecule has 0 aliphatic carbocycles. The quantitative estimate of drug-likeness (QED) is 0.457. The van der Waals surface area contributed by atoms with Crippen molar-refractivity contribution in [2.45, 2.75) is 38.3 Å². The van der Waals surface area contributed by atoms with Crippen molar-refractivity contribution in [3.63, 3.8) is 0 Å². The summed E-state index contributed by atoms with van der Waals surface area (Å²) in [4.78, 5) is 31.1. The molecule has 5 rings (SSSR count). The summed E-state index contributed by atoms with van der Waals surface area (Å²) in [5.41, 5.74) is 1.72. The van der Waals surface area contributed by atoms with E-state index in [4.69, 9.17) is 0 Å². The van der Waals surface area contributed by atoms with E-state index in [1.54, 1.807) is 12.1 Å². The Balaban J connectivity index is 1.26. The molecule has 6 nitrogen and oxygen atoms in total. The molecule has 1 unspecified atom stereocenters. The number of benzene rings is 3. The smallest absolute Gasteiger partial charge is 0.228 e. The van der Waals surface area contributed by atoms with Crippen LogP contribution in [0.15, 0.2) is 66.7 Å². The van der Waals surface area contributed by atoms with Crippen molar-refractivity contribution in [1.29, 1.82) is 0 Å². The van der Waals surface area contributed by atoms with Gasteiger partial charge in [-0.25, -0.2) is 4.39 Å².